The second-order valence-electron chi connectivity index (χ2n) is 5.83. The van der Waals surface area contributed by atoms with Crippen LogP contribution in [-0.4, -0.2) is 30.2 Å². The Morgan fingerprint density at radius 1 is 1.14 bits per heavy atom. The molecule has 2 N–H and O–H groups in total. The van der Waals surface area contributed by atoms with Gasteiger partial charge in [0.25, 0.3) is 0 Å². The Kier molecular flexibility index (Phi) is 7.43. The van der Waals surface area contributed by atoms with Crippen molar-refractivity contribution in [2.24, 2.45) is 0 Å². The van der Waals surface area contributed by atoms with Crippen molar-refractivity contribution in [2.45, 2.75) is 39.2 Å². The molecule has 0 atom stereocenters. The fraction of sp³-hybridized carbons (Fsp3) is 0.562. The Morgan fingerprint density at radius 2 is 1.76 bits per heavy atom. The first kappa shape index (κ1) is 17.7. The van der Waals surface area contributed by atoms with E-state index in [-0.39, 0.29) is 0 Å². The second kappa shape index (κ2) is 8.82. The summed E-state index contributed by atoms with van der Waals surface area (Å²) < 4.78 is 5.21. The van der Waals surface area contributed by atoms with Crippen LogP contribution in [0, 0.1) is 0 Å². The van der Waals surface area contributed by atoms with Crippen molar-refractivity contribution in [1.29, 1.82) is 0 Å². The lowest BCUT2D eigenvalue weighted by molar-refractivity contribution is 0.0636. The Labute approximate surface area is 132 Å². The van der Waals surface area contributed by atoms with Gasteiger partial charge in [0.05, 0.1) is 0 Å². The molecular formula is C16H26N2O2S. The molecule has 0 aliphatic heterocycles. The van der Waals surface area contributed by atoms with E-state index < -0.39 is 11.7 Å². The van der Waals surface area contributed by atoms with Crippen LogP contribution in [-0.2, 0) is 4.74 Å². The summed E-state index contributed by atoms with van der Waals surface area (Å²) in [5.74, 6) is 1.21. The van der Waals surface area contributed by atoms with Crippen molar-refractivity contribution >= 4 is 29.2 Å². The topological polar surface area (TPSA) is 50.4 Å². The number of carbonyl (C=O) groups excluding carboxylic acids is 1. The van der Waals surface area contributed by atoms with Crippen molar-refractivity contribution in [2.75, 3.05) is 29.2 Å². The van der Waals surface area contributed by atoms with Gasteiger partial charge in [-0.05, 0) is 69.9 Å². The van der Waals surface area contributed by atoms with Gasteiger partial charge in [0, 0.05) is 17.9 Å². The van der Waals surface area contributed by atoms with E-state index in [1.807, 2.05) is 56.8 Å². The van der Waals surface area contributed by atoms with E-state index in [4.69, 9.17) is 4.74 Å². The Balaban J connectivity index is 2.35. The summed E-state index contributed by atoms with van der Waals surface area (Å²) in [7, 11) is 0. The minimum atomic E-state index is -0.484. The predicted octanol–water partition coefficient (Wildman–Crippen LogP) is 4.59. The van der Waals surface area contributed by atoms with Gasteiger partial charge in [-0.15, -0.1) is 0 Å². The Bertz CT molecular complexity index is 427. The molecule has 4 nitrogen and oxygen atoms in total. The summed E-state index contributed by atoms with van der Waals surface area (Å²) in [6, 6.07) is 7.66. The maximum atomic E-state index is 11.6. The largest absolute Gasteiger partial charge is 0.444 e. The lowest BCUT2D eigenvalue weighted by Gasteiger charge is -2.19. The molecule has 1 aromatic rings. The Hall–Kier alpha value is -1.36. The van der Waals surface area contributed by atoms with Gasteiger partial charge in [-0.2, -0.15) is 11.8 Å². The van der Waals surface area contributed by atoms with Crippen LogP contribution in [0.5, 0.6) is 0 Å². The molecule has 1 aromatic carbocycles. The summed E-state index contributed by atoms with van der Waals surface area (Å²) in [5.41, 5.74) is 1.31. The standard InChI is InChI=1S/C16H26N2O2S/c1-16(2,3)20-15(19)18-14-9-7-13(8-10-14)17-11-5-6-12-21-4/h7-10,17H,5-6,11-12H2,1-4H3,(H,18,19). The zero-order valence-corrected chi connectivity index (χ0v) is 14.2. The number of thioether (sulfide) groups is 1. The number of carbonyl (C=O) groups is 1. The molecule has 0 aliphatic rings. The lowest BCUT2D eigenvalue weighted by Crippen LogP contribution is -2.27. The zero-order chi connectivity index (χ0) is 15.7. The van der Waals surface area contributed by atoms with E-state index in [2.05, 4.69) is 16.9 Å². The molecule has 0 unspecified atom stereocenters. The summed E-state index contributed by atoms with van der Waals surface area (Å²) in [6.45, 7) is 6.50. The molecular weight excluding hydrogens is 284 g/mol. The van der Waals surface area contributed by atoms with Crippen molar-refractivity contribution in [1.82, 2.24) is 0 Å². The van der Waals surface area contributed by atoms with E-state index in [0.29, 0.717) is 0 Å². The van der Waals surface area contributed by atoms with Gasteiger partial charge in [0.1, 0.15) is 5.60 Å². The van der Waals surface area contributed by atoms with Crippen molar-refractivity contribution in [3.8, 4) is 0 Å². The molecule has 0 spiro atoms. The molecule has 0 radical (unpaired) electrons. The number of hydrogen-bond acceptors (Lipinski definition) is 4. The van der Waals surface area contributed by atoms with Gasteiger partial charge >= 0.3 is 6.09 Å². The molecule has 21 heavy (non-hydrogen) atoms. The second-order valence-corrected chi connectivity index (χ2v) is 6.82. The highest BCUT2D eigenvalue weighted by atomic mass is 32.2. The van der Waals surface area contributed by atoms with Gasteiger partial charge in [-0.25, -0.2) is 4.79 Å². The van der Waals surface area contributed by atoms with E-state index in [9.17, 15) is 4.79 Å². The van der Waals surface area contributed by atoms with Crippen molar-refractivity contribution < 1.29 is 9.53 Å². The number of hydrogen-bond donors (Lipinski definition) is 2. The average molecular weight is 310 g/mol. The molecule has 0 heterocycles. The van der Waals surface area contributed by atoms with E-state index >= 15 is 0 Å². The number of anilines is 2. The van der Waals surface area contributed by atoms with E-state index in [1.165, 1.54) is 18.6 Å². The van der Waals surface area contributed by atoms with Gasteiger partial charge in [0.2, 0.25) is 0 Å². The summed E-state index contributed by atoms with van der Waals surface area (Å²) in [5, 5.41) is 6.09. The highest BCUT2D eigenvalue weighted by Crippen LogP contribution is 2.15. The minimum Gasteiger partial charge on any atom is -0.444 e. The molecule has 0 fully saturated rings. The number of ether oxygens (including phenoxy) is 1. The fourth-order valence-corrected chi connectivity index (χ4v) is 2.19. The number of amides is 1. The van der Waals surface area contributed by atoms with Crippen LogP contribution >= 0.6 is 11.8 Å². The molecule has 0 aromatic heterocycles. The van der Waals surface area contributed by atoms with E-state index in [0.717, 1.165) is 17.9 Å². The smallest absolute Gasteiger partial charge is 0.412 e. The molecule has 1 amide bonds. The summed E-state index contributed by atoms with van der Waals surface area (Å²) in [4.78, 5) is 11.6. The molecule has 0 saturated heterocycles. The minimum absolute atomic E-state index is 0.430. The first-order valence-electron chi connectivity index (χ1n) is 7.23. The predicted molar refractivity (Wildman–Crippen MR) is 92.4 cm³/mol. The van der Waals surface area contributed by atoms with Gasteiger partial charge in [-0.3, -0.25) is 5.32 Å². The van der Waals surface area contributed by atoms with Crippen LogP contribution in [0.2, 0.25) is 0 Å². The van der Waals surface area contributed by atoms with Crippen molar-refractivity contribution in [3.63, 3.8) is 0 Å². The number of nitrogens with one attached hydrogen (secondary N) is 2. The molecule has 118 valence electrons. The van der Waals surface area contributed by atoms with Gasteiger partial charge in [-0.1, -0.05) is 0 Å². The third kappa shape index (κ3) is 8.50. The number of benzene rings is 1. The zero-order valence-electron chi connectivity index (χ0n) is 13.4. The quantitative estimate of drug-likeness (QED) is 0.723. The van der Waals surface area contributed by atoms with Crippen molar-refractivity contribution in [3.05, 3.63) is 24.3 Å². The monoisotopic (exact) mass is 310 g/mol. The van der Waals surface area contributed by atoms with Gasteiger partial charge < -0.3 is 10.1 Å². The average Bonchev–Trinajstić information content (AvgIpc) is 2.38. The van der Waals surface area contributed by atoms with Crippen LogP contribution in [0.3, 0.4) is 0 Å². The first-order valence-corrected chi connectivity index (χ1v) is 8.63. The van der Waals surface area contributed by atoms with Crippen LogP contribution < -0.4 is 10.6 Å². The molecule has 0 bridgehead atoms. The Morgan fingerprint density at radius 3 is 2.33 bits per heavy atom. The maximum Gasteiger partial charge on any atom is 0.412 e. The molecule has 0 aliphatic carbocycles. The summed E-state index contributed by atoms with van der Waals surface area (Å²) in [6.07, 6.45) is 4.09. The highest BCUT2D eigenvalue weighted by molar-refractivity contribution is 7.98. The number of unbranched alkanes of at least 4 members (excludes halogenated alkanes) is 1. The summed E-state index contributed by atoms with van der Waals surface area (Å²) >= 11 is 1.88. The van der Waals surface area contributed by atoms with Crippen LogP contribution in [0.25, 0.3) is 0 Å². The van der Waals surface area contributed by atoms with E-state index in [1.54, 1.807) is 0 Å². The lowest BCUT2D eigenvalue weighted by atomic mass is 10.2. The third-order valence-electron chi connectivity index (χ3n) is 2.63. The molecule has 5 heteroatoms. The molecule has 0 saturated carbocycles. The highest BCUT2D eigenvalue weighted by Gasteiger charge is 2.15. The van der Waals surface area contributed by atoms with Crippen LogP contribution in [0.4, 0.5) is 16.2 Å². The fourth-order valence-electron chi connectivity index (χ4n) is 1.70. The van der Waals surface area contributed by atoms with Gasteiger partial charge in [0.15, 0.2) is 0 Å². The normalized spacial score (nSPS) is 11.0. The maximum absolute atomic E-state index is 11.6. The van der Waals surface area contributed by atoms with Crippen LogP contribution in [0.1, 0.15) is 33.6 Å². The SMILES string of the molecule is CSCCCCNc1ccc(NC(=O)OC(C)(C)C)cc1. The number of rotatable bonds is 7. The molecule has 1 rings (SSSR count). The third-order valence-corrected chi connectivity index (χ3v) is 3.33. The first-order chi connectivity index (χ1) is 9.90. The van der Waals surface area contributed by atoms with Crippen LogP contribution in [0.15, 0.2) is 24.3 Å².